The maximum absolute atomic E-state index is 10.7. The number of aromatic nitrogens is 5. The Balaban J connectivity index is 2.19. The van der Waals surface area contributed by atoms with Gasteiger partial charge in [-0.1, -0.05) is 5.21 Å². The second kappa shape index (κ2) is 4.36. The molecule has 17 heavy (non-hydrogen) atoms. The topological polar surface area (TPSA) is 85.8 Å². The molecule has 2 aromatic rings. The van der Waals surface area contributed by atoms with Gasteiger partial charge in [0.1, 0.15) is 0 Å². The number of carboxylic acids is 1. The highest BCUT2D eigenvalue weighted by atomic mass is 16.4. The van der Waals surface area contributed by atoms with E-state index in [0.717, 1.165) is 5.69 Å². The lowest BCUT2D eigenvalue weighted by molar-refractivity contribution is 0.0690. The van der Waals surface area contributed by atoms with Crippen LogP contribution in [0.2, 0.25) is 0 Å². The SMILES string of the molecule is CC(C)n1cncc1Cn1cc(C(=O)O)nn1. The van der Waals surface area contributed by atoms with Crippen molar-refractivity contribution >= 4 is 5.97 Å². The zero-order valence-electron chi connectivity index (χ0n) is 9.61. The summed E-state index contributed by atoms with van der Waals surface area (Å²) in [6.07, 6.45) is 4.89. The molecular formula is C10H13N5O2. The number of carbonyl (C=O) groups is 1. The number of imidazole rings is 1. The highest BCUT2D eigenvalue weighted by Crippen LogP contribution is 2.10. The Morgan fingerprint density at radius 3 is 2.88 bits per heavy atom. The molecule has 0 bridgehead atoms. The van der Waals surface area contributed by atoms with Gasteiger partial charge in [0, 0.05) is 6.04 Å². The van der Waals surface area contributed by atoms with Crippen LogP contribution in [0, 0.1) is 0 Å². The first kappa shape index (κ1) is 11.3. The average molecular weight is 235 g/mol. The summed E-state index contributed by atoms with van der Waals surface area (Å²) in [5, 5.41) is 16.0. The van der Waals surface area contributed by atoms with Crippen molar-refractivity contribution in [3.8, 4) is 0 Å². The highest BCUT2D eigenvalue weighted by molar-refractivity contribution is 5.84. The molecule has 0 fully saturated rings. The standard InChI is InChI=1S/C10H13N5O2/c1-7(2)15-6-11-3-8(15)4-14-5-9(10(16)17)12-13-14/h3,5-7H,4H2,1-2H3,(H,16,17). The fourth-order valence-corrected chi connectivity index (χ4v) is 1.56. The predicted octanol–water partition coefficient (Wildman–Crippen LogP) is 0.802. The molecule has 0 saturated carbocycles. The molecule has 2 rings (SSSR count). The highest BCUT2D eigenvalue weighted by Gasteiger charge is 2.10. The molecule has 2 aromatic heterocycles. The molecule has 0 aliphatic rings. The minimum atomic E-state index is -1.08. The van der Waals surface area contributed by atoms with Crippen LogP contribution in [-0.4, -0.2) is 35.6 Å². The Hall–Kier alpha value is -2.18. The molecule has 2 heterocycles. The molecule has 0 aliphatic carbocycles. The summed E-state index contributed by atoms with van der Waals surface area (Å²) >= 11 is 0. The minimum Gasteiger partial charge on any atom is -0.476 e. The summed E-state index contributed by atoms with van der Waals surface area (Å²) in [7, 11) is 0. The quantitative estimate of drug-likeness (QED) is 0.847. The van der Waals surface area contributed by atoms with E-state index in [4.69, 9.17) is 5.11 Å². The van der Waals surface area contributed by atoms with Gasteiger partial charge in [-0.25, -0.2) is 14.5 Å². The van der Waals surface area contributed by atoms with E-state index in [0.29, 0.717) is 12.6 Å². The van der Waals surface area contributed by atoms with E-state index in [1.165, 1.54) is 10.9 Å². The van der Waals surface area contributed by atoms with E-state index in [1.807, 2.05) is 4.57 Å². The molecule has 0 amide bonds. The third-order valence-electron chi connectivity index (χ3n) is 2.38. The maximum atomic E-state index is 10.7. The van der Waals surface area contributed by atoms with Crippen molar-refractivity contribution in [2.24, 2.45) is 0 Å². The van der Waals surface area contributed by atoms with Crippen LogP contribution in [0.5, 0.6) is 0 Å². The van der Waals surface area contributed by atoms with Gasteiger partial charge < -0.3 is 9.67 Å². The molecule has 0 radical (unpaired) electrons. The van der Waals surface area contributed by atoms with E-state index in [9.17, 15) is 4.79 Å². The van der Waals surface area contributed by atoms with Gasteiger partial charge in [-0.2, -0.15) is 0 Å². The number of rotatable bonds is 4. The van der Waals surface area contributed by atoms with Gasteiger partial charge in [-0.15, -0.1) is 5.10 Å². The van der Waals surface area contributed by atoms with Crippen molar-refractivity contribution in [1.29, 1.82) is 0 Å². The van der Waals surface area contributed by atoms with Crippen LogP contribution in [0.15, 0.2) is 18.7 Å². The number of carboxylic acid groups (broad SMARTS) is 1. The zero-order chi connectivity index (χ0) is 12.4. The Bertz CT molecular complexity index is 528. The summed E-state index contributed by atoms with van der Waals surface area (Å²) in [5.41, 5.74) is 0.905. The molecule has 90 valence electrons. The van der Waals surface area contributed by atoms with Crippen LogP contribution in [0.4, 0.5) is 0 Å². The molecule has 7 heteroatoms. The molecule has 0 aliphatic heterocycles. The van der Waals surface area contributed by atoms with Crippen LogP contribution in [0.1, 0.15) is 36.1 Å². The van der Waals surface area contributed by atoms with Gasteiger partial charge in [0.05, 0.1) is 31.0 Å². The Kier molecular flexibility index (Phi) is 2.90. The van der Waals surface area contributed by atoms with Crippen LogP contribution >= 0.6 is 0 Å². The Labute approximate surface area is 97.7 Å². The van der Waals surface area contributed by atoms with Crippen LogP contribution in [0.25, 0.3) is 0 Å². The predicted molar refractivity (Wildman–Crippen MR) is 58.7 cm³/mol. The van der Waals surface area contributed by atoms with Crippen molar-refractivity contribution in [3.63, 3.8) is 0 Å². The minimum absolute atomic E-state index is 0.0550. The monoisotopic (exact) mass is 235 g/mol. The fourth-order valence-electron chi connectivity index (χ4n) is 1.56. The van der Waals surface area contributed by atoms with Gasteiger partial charge in [0.15, 0.2) is 5.69 Å². The first-order valence-corrected chi connectivity index (χ1v) is 5.22. The molecule has 0 aromatic carbocycles. The van der Waals surface area contributed by atoms with Crippen molar-refractivity contribution in [2.45, 2.75) is 26.4 Å². The summed E-state index contributed by atoms with van der Waals surface area (Å²) < 4.78 is 3.49. The molecule has 1 N–H and O–H groups in total. The second-order valence-corrected chi connectivity index (χ2v) is 3.99. The van der Waals surface area contributed by atoms with Gasteiger partial charge in [-0.3, -0.25) is 0 Å². The summed E-state index contributed by atoms with van der Waals surface area (Å²) in [6, 6.07) is 0.301. The molecule has 0 saturated heterocycles. The Morgan fingerprint density at radius 1 is 1.53 bits per heavy atom. The number of hydrogen-bond acceptors (Lipinski definition) is 4. The van der Waals surface area contributed by atoms with Gasteiger partial charge in [0.25, 0.3) is 0 Å². The van der Waals surface area contributed by atoms with Crippen molar-refractivity contribution in [1.82, 2.24) is 24.5 Å². The zero-order valence-corrected chi connectivity index (χ0v) is 9.61. The molecular weight excluding hydrogens is 222 g/mol. The summed E-state index contributed by atoms with van der Waals surface area (Å²) in [6.45, 7) is 4.56. The van der Waals surface area contributed by atoms with Crippen LogP contribution < -0.4 is 0 Å². The number of hydrogen-bond donors (Lipinski definition) is 1. The van der Waals surface area contributed by atoms with Crippen LogP contribution in [-0.2, 0) is 6.54 Å². The molecule has 0 atom stereocenters. The van der Waals surface area contributed by atoms with E-state index < -0.39 is 5.97 Å². The van der Waals surface area contributed by atoms with Gasteiger partial charge >= 0.3 is 5.97 Å². The lowest BCUT2D eigenvalue weighted by Crippen LogP contribution is -2.09. The summed E-state index contributed by atoms with van der Waals surface area (Å²) in [4.78, 5) is 14.7. The molecule has 7 nitrogen and oxygen atoms in total. The van der Waals surface area contributed by atoms with Crippen molar-refractivity contribution in [2.75, 3.05) is 0 Å². The smallest absolute Gasteiger partial charge is 0.358 e. The first-order valence-electron chi connectivity index (χ1n) is 5.22. The van der Waals surface area contributed by atoms with Crippen LogP contribution in [0.3, 0.4) is 0 Å². The van der Waals surface area contributed by atoms with E-state index >= 15 is 0 Å². The second-order valence-electron chi connectivity index (χ2n) is 3.99. The Morgan fingerprint density at radius 2 is 2.29 bits per heavy atom. The van der Waals surface area contributed by atoms with E-state index in [2.05, 4.69) is 29.1 Å². The van der Waals surface area contributed by atoms with Gasteiger partial charge in [-0.05, 0) is 13.8 Å². The summed E-state index contributed by atoms with van der Waals surface area (Å²) in [5.74, 6) is -1.08. The van der Waals surface area contributed by atoms with Crippen molar-refractivity contribution < 1.29 is 9.90 Å². The fraction of sp³-hybridized carbons (Fsp3) is 0.400. The average Bonchev–Trinajstić information content (AvgIpc) is 2.86. The lowest BCUT2D eigenvalue weighted by atomic mass is 10.3. The van der Waals surface area contributed by atoms with E-state index in [1.54, 1.807) is 12.5 Å². The van der Waals surface area contributed by atoms with Crippen molar-refractivity contribution in [3.05, 3.63) is 30.1 Å². The normalized spacial score (nSPS) is 11.0. The third-order valence-corrected chi connectivity index (χ3v) is 2.38. The third kappa shape index (κ3) is 2.32. The molecule has 0 spiro atoms. The maximum Gasteiger partial charge on any atom is 0.358 e. The van der Waals surface area contributed by atoms with E-state index in [-0.39, 0.29) is 5.69 Å². The molecule has 0 unspecified atom stereocenters. The number of nitrogens with zero attached hydrogens (tertiary/aromatic N) is 5. The van der Waals surface area contributed by atoms with Gasteiger partial charge in [0.2, 0.25) is 0 Å². The lowest BCUT2D eigenvalue weighted by Gasteiger charge is -2.10. The number of aromatic carboxylic acids is 1. The first-order chi connectivity index (χ1) is 8.08. The largest absolute Gasteiger partial charge is 0.476 e.